The molecule has 37 heavy (non-hydrogen) atoms. The van der Waals surface area contributed by atoms with Crippen LogP contribution in [0.3, 0.4) is 0 Å². The molecule has 0 bridgehead atoms. The number of rotatable bonds is 8. The minimum absolute atomic E-state index is 0.148. The number of halogens is 3. The van der Waals surface area contributed by atoms with E-state index in [4.69, 9.17) is 28.0 Å². The summed E-state index contributed by atoms with van der Waals surface area (Å²) in [6.45, 7) is 8.56. The molecule has 4 heterocycles. The first-order valence-corrected chi connectivity index (χ1v) is 12.9. The number of nitrogens with zero attached hydrogens (tertiary/aromatic N) is 5. The highest BCUT2D eigenvalue weighted by Crippen LogP contribution is 2.33. The van der Waals surface area contributed by atoms with Gasteiger partial charge in [-0.05, 0) is 44.4 Å². The van der Waals surface area contributed by atoms with Crippen LogP contribution in [0, 0.1) is 5.82 Å². The van der Waals surface area contributed by atoms with Crippen LogP contribution >= 0.6 is 23.2 Å². The Morgan fingerprint density at radius 1 is 1.27 bits per heavy atom. The van der Waals surface area contributed by atoms with Gasteiger partial charge in [-0.1, -0.05) is 29.3 Å². The van der Waals surface area contributed by atoms with Crippen molar-refractivity contribution in [1.29, 1.82) is 0 Å². The second kappa shape index (κ2) is 10.7. The third-order valence-corrected chi connectivity index (χ3v) is 7.47. The van der Waals surface area contributed by atoms with Gasteiger partial charge in [0.25, 0.3) is 0 Å². The van der Waals surface area contributed by atoms with Gasteiger partial charge >= 0.3 is 5.69 Å². The number of piperidine rings is 1. The zero-order valence-electron chi connectivity index (χ0n) is 20.3. The molecule has 1 saturated heterocycles. The SMILES string of the molecule is C=CCCN1CCC(n2cc(-c3cnc4[nH]c(=O)n(OC(C)c5c(Cl)ccc(F)c5Cl)c4c3)cn2)CC1. The number of H-pyrrole nitrogens is 1. The van der Waals surface area contributed by atoms with E-state index in [0.717, 1.165) is 54.8 Å². The van der Waals surface area contributed by atoms with Gasteiger partial charge < -0.3 is 9.74 Å². The smallest absolute Gasteiger partial charge is 0.360 e. The minimum Gasteiger partial charge on any atom is -0.401 e. The van der Waals surface area contributed by atoms with Crippen molar-refractivity contribution < 1.29 is 9.23 Å². The standard InChI is InChI=1S/C26H27Cl2FN6O2/c1-3-4-9-33-10-7-19(8-11-33)34-15-18(14-31-34)17-12-22-25(30-13-17)32-26(36)35(22)37-16(2)23-20(27)5-6-21(29)24(23)28/h3,5-6,12-16,19H,1,4,7-11H2,2H3,(H,30,32,36). The van der Waals surface area contributed by atoms with Crippen LogP contribution in [0.4, 0.5) is 4.39 Å². The van der Waals surface area contributed by atoms with E-state index in [2.05, 4.69) is 26.5 Å². The Balaban J connectivity index is 1.38. The van der Waals surface area contributed by atoms with Crippen LogP contribution in [0.5, 0.6) is 0 Å². The molecular weight excluding hydrogens is 518 g/mol. The van der Waals surface area contributed by atoms with Gasteiger partial charge in [0.05, 0.1) is 17.3 Å². The van der Waals surface area contributed by atoms with Crippen molar-refractivity contribution in [1.82, 2.24) is 29.4 Å². The van der Waals surface area contributed by atoms with Crippen LogP contribution in [-0.2, 0) is 0 Å². The van der Waals surface area contributed by atoms with Gasteiger partial charge in [0.2, 0.25) is 0 Å². The summed E-state index contributed by atoms with van der Waals surface area (Å²) >= 11 is 12.4. The van der Waals surface area contributed by atoms with E-state index in [9.17, 15) is 9.18 Å². The number of hydrogen-bond acceptors (Lipinski definition) is 5. The first-order chi connectivity index (χ1) is 17.9. The van der Waals surface area contributed by atoms with E-state index in [1.165, 1.54) is 12.1 Å². The van der Waals surface area contributed by atoms with Crippen molar-refractivity contribution in [2.45, 2.75) is 38.3 Å². The molecule has 4 aromatic rings. The molecule has 0 aliphatic carbocycles. The Morgan fingerprint density at radius 2 is 2.05 bits per heavy atom. The Kier molecular flexibility index (Phi) is 7.37. The molecule has 0 radical (unpaired) electrons. The highest BCUT2D eigenvalue weighted by molar-refractivity contribution is 6.36. The zero-order chi connectivity index (χ0) is 26.1. The third kappa shape index (κ3) is 5.16. The summed E-state index contributed by atoms with van der Waals surface area (Å²) in [5.41, 5.74) is 2.19. The summed E-state index contributed by atoms with van der Waals surface area (Å²) in [7, 11) is 0. The fourth-order valence-corrected chi connectivity index (χ4v) is 5.40. The Labute approximate surface area is 223 Å². The summed E-state index contributed by atoms with van der Waals surface area (Å²) in [4.78, 5) is 28.1. The average molecular weight is 545 g/mol. The van der Waals surface area contributed by atoms with E-state index in [1.807, 2.05) is 17.0 Å². The number of fused-ring (bicyclic) bond motifs is 1. The highest BCUT2D eigenvalue weighted by Gasteiger charge is 2.23. The maximum atomic E-state index is 14.0. The first-order valence-electron chi connectivity index (χ1n) is 12.1. The van der Waals surface area contributed by atoms with Crippen LogP contribution in [0.15, 0.2) is 54.2 Å². The Bertz CT molecular complexity index is 1490. The fourth-order valence-electron chi connectivity index (χ4n) is 4.72. The Hall–Kier alpha value is -3.14. The third-order valence-electron chi connectivity index (χ3n) is 6.76. The van der Waals surface area contributed by atoms with Crippen molar-refractivity contribution >= 4 is 34.4 Å². The fraction of sp³-hybridized carbons (Fsp3) is 0.346. The van der Waals surface area contributed by atoms with E-state index >= 15 is 0 Å². The number of likely N-dealkylation sites (tertiary alicyclic amines) is 1. The van der Waals surface area contributed by atoms with Gasteiger partial charge in [0.1, 0.15) is 11.3 Å². The van der Waals surface area contributed by atoms with Crippen molar-refractivity contribution in [3.63, 3.8) is 0 Å². The molecule has 1 N–H and O–H groups in total. The lowest BCUT2D eigenvalue weighted by molar-refractivity contribution is 0.0492. The van der Waals surface area contributed by atoms with Crippen molar-refractivity contribution in [3.05, 3.63) is 81.4 Å². The predicted octanol–water partition coefficient (Wildman–Crippen LogP) is 5.44. The van der Waals surface area contributed by atoms with Gasteiger partial charge in [-0.15, -0.1) is 11.3 Å². The van der Waals surface area contributed by atoms with E-state index < -0.39 is 17.6 Å². The number of hydrogen-bond donors (Lipinski definition) is 1. The second-order valence-corrected chi connectivity index (χ2v) is 9.97. The number of benzene rings is 1. The molecule has 8 nitrogen and oxygen atoms in total. The second-order valence-electron chi connectivity index (χ2n) is 9.18. The summed E-state index contributed by atoms with van der Waals surface area (Å²) in [5, 5.41) is 4.70. The van der Waals surface area contributed by atoms with Crippen LogP contribution in [0.25, 0.3) is 22.3 Å². The molecular formula is C26H27Cl2FN6O2. The van der Waals surface area contributed by atoms with E-state index in [1.54, 1.807) is 25.4 Å². The quantitative estimate of drug-likeness (QED) is 0.236. The molecule has 5 rings (SSSR count). The van der Waals surface area contributed by atoms with Gasteiger partial charge in [-0.3, -0.25) is 9.67 Å². The van der Waals surface area contributed by atoms with Crippen LogP contribution in [0.2, 0.25) is 10.0 Å². The maximum Gasteiger partial charge on any atom is 0.360 e. The topological polar surface area (TPSA) is 81.0 Å². The molecule has 1 aliphatic rings. The summed E-state index contributed by atoms with van der Waals surface area (Å²) in [5.74, 6) is -0.619. The summed E-state index contributed by atoms with van der Waals surface area (Å²) in [6, 6.07) is 4.72. The number of imidazole rings is 1. The van der Waals surface area contributed by atoms with E-state index in [-0.39, 0.29) is 15.6 Å². The molecule has 11 heteroatoms. The number of nitrogens with one attached hydrogen (secondary N) is 1. The lowest BCUT2D eigenvalue weighted by atomic mass is 10.0. The van der Waals surface area contributed by atoms with Gasteiger partial charge in [-0.2, -0.15) is 5.10 Å². The van der Waals surface area contributed by atoms with Crippen molar-refractivity contribution in [3.8, 4) is 11.1 Å². The summed E-state index contributed by atoms with van der Waals surface area (Å²) < 4.78 is 17.1. The Morgan fingerprint density at radius 3 is 2.81 bits per heavy atom. The number of aromatic amines is 1. The minimum atomic E-state index is -0.809. The molecule has 1 fully saturated rings. The molecule has 1 aliphatic heterocycles. The number of aromatic nitrogens is 5. The van der Waals surface area contributed by atoms with Gasteiger partial charge in [0.15, 0.2) is 11.8 Å². The highest BCUT2D eigenvalue weighted by atomic mass is 35.5. The molecule has 1 unspecified atom stereocenters. The van der Waals surface area contributed by atoms with Gasteiger partial charge in [0, 0.05) is 53.7 Å². The largest absolute Gasteiger partial charge is 0.401 e. The molecule has 0 spiro atoms. The summed E-state index contributed by atoms with van der Waals surface area (Å²) in [6.07, 6.45) is 9.71. The molecule has 1 atom stereocenters. The first kappa shape index (κ1) is 25.5. The lowest BCUT2D eigenvalue weighted by Crippen LogP contribution is -2.35. The maximum absolute atomic E-state index is 14.0. The molecule has 3 aromatic heterocycles. The van der Waals surface area contributed by atoms with Crippen LogP contribution < -0.4 is 10.5 Å². The van der Waals surface area contributed by atoms with Crippen LogP contribution in [0.1, 0.15) is 43.9 Å². The van der Waals surface area contributed by atoms with E-state index in [0.29, 0.717) is 17.2 Å². The molecule has 0 amide bonds. The predicted molar refractivity (Wildman–Crippen MR) is 143 cm³/mol. The normalized spacial score (nSPS) is 15.8. The van der Waals surface area contributed by atoms with Gasteiger partial charge in [-0.25, -0.2) is 14.2 Å². The lowest BCUT2D eigenvalue weighted by Gasteiger charge is -2.31. The number of pyridine rings is 1. The van der Waals surface area contributed by atoms with Crippen LogP contribution in [-0.4, -0.2) is 49.0 Å². The molecule has 1 aromatic carbocycles. The zero-order valence-corrected chi connectivity index (χ0v) is 21.8. The van der Waals surface area contributed by atoms with Crippen molar-refractivity contribution in [2.75, 3.05) is 19.6 Å². The molecule has 194 valence electrons. The monoisotopic (exact) mass is 544 g/mol. The van der Waals surface area contributed by atoms with Crippen molar-refractivity contribution in [2.24, 2.45) is 0 Å². The molecule has 0 saturated carbocycles. The average Bonchev–Trinajstić information content (AvgIpc) is 3.50.